The van der Waals surface area contributed by atoms with E-state index in [0.29, 0.717) is 5.92 Å². The fourth-order valence-electron chi connectivity index (χ4n) is 3.36. The topological polar surface area (TPSA) is 45.5 Å². The van der Waals surface area contributed by atoms with Crippen LogP contribution < -0.4 is 5.32 Å². The number of hydrogen-bond acceptors (Lipinski definition) is 3. The lowest BCUT2D eigenvalue weighted by Gasteiger charge is -2.31. The van der Waals surface area contributed by atoms with E-state index in [1.165, 1.54) is 5.56 Å². The lowest BCUT2D eigenvalue weighted by atomic mass is 9.96. The molecule has 24 heavy (non-hydrogen) atoms. The molecule has 4 heteroatoms. The Morgan fingerprint density at radius 3 is 2.54 bits per heavy atom. The zero-order valence-electron chi connectivity index (χ0n) is 14.5. The second-order valence-electron chi connectivity index (χ2n) is 6.73. The quantitative estimate of drug-likeness (QED) is 0.914. The molecule has 0 spiro atoms. The molecule has 128 valence electrons. The standard InChI is InChI=1S/C20H26N2O2/c1-15-12-19(16(2)24-15)14-22-10-8-17(9-11-22)13-21-20(23)18-6-4-3-5-7-18/h3-7,12,17H,8-11,13-14H2,1-2H3,(H,21,23). The van der Waals surface area contributed by atoms with Crippen molar-refractivity contribution in [3.8, 4) is 0 Å². The van der Waals surface area contributed by atoms with Crippen molar-refractivity contribution in [1.29, 1.82) is 0 Å². The molecule has 1 aliphatic heterocycles. The molecule has 1 aromatic heterocycles. The monoisotopic (exact) mass is 326 g/mol. The van der Waals surface area contributed by atoms with Gasteiger partial charge in [0.15, 0.2) is 0 Å². The number of amides is 1. The lowest BCUT2D eigenvalue weighted by molar-refractivity contribution is 0.0935. The maximum Gasteiger partial charge on any atom is 0.251 e. The van der Waals surface area contributed by atoms with Gasteiger partial charge in [-0.15, -0.1) is 0 Å². The molecule has 1 aromatic carbocycles. The van der Waals surface area contributed by atoms with Gasteiger partial charge in [0.05, 0.1) is 0 Å². The van der Waals surface area contributed by atoms with E-state index in [-0.39, 0.29) is 5.91 Å². The summed E-state index contributed by atoms with van der Waals surface area (Å²) in [5.74, 6) is 2.62. The maximum absolute atomic E-state index is 12.1. The first-order chi connectivity index (χ1) is 11.6. The Morgan fingerprint density at radius 1 is 1.21 bits per heavy atom. The van der Waals surface area contributed by atoms with Crippen molar-refractivity contribution in [3.05, 3.63) is 59.0 Å². The van der Waals surface area contributed by atoms with E-state index in [1.807, 2.05) is 44.2 Å². The number of carbonyl (C=O) groups is 1. The highest BCUT2D eigenvalue weighted by Crippen LogP contribution is 2.21. The number of benzene rings is 1. The molecule has 0 atom stereocenters. The summed E-state index contributed by atoms with van der Waals surface area (Å²) in [4.78, 5) is 14.6. The average molecular weight is 326 g/mol. The van der Waals surface area contributed by atoms with Gasteiger partial charge in [-0.1, -0.05) is 18.2 Å². The Bertz CT molecular complexity index is 670. The molecule has 1 amide bonds. The zero-order valence-corrected chi connectivity index (χ0v) is 14.5. The molecule has 0 radical (unpaired) electrons. The molecular formula is C20H26N2O2. The van der Waals surface area contributed by atoms with Crippen LogP contribution in [0.2, 0.25) is 0 Å². The average Bonchev–Trinajstić information content (AvgIpc) is 2.92. The third kappa shape index (κ3) is 4.26. The van der Waals surface area contributed by atoms with Crippen molar-refractivity contribution in [2.75, 3.05) is 19.6 Å². The van der Waals surface area contributed by atoms with Crippen LogP contribution in [0.5, 0.6) is 0 Å². The summed E-state index contributed by atoms with van der Waals surface area (Å²) in [7, 11) is 0. The van der Waals surface area contributed by atoms with Gasteiger partial charge in [-0.2, -0.15) is 0 Å². The summed E-state index contributed by atoms with van der Waals surface area (Å²) in [6.45, 7) is 7.93. The third-order valence-electron chi connectivity index (χ3n) is 4.83. The van der Waals surface area contributed by atoms with Gasteiger partial charge in [-0.3, -0.25) is 9.69 Å². The Hall–Kier alpha value is -2.07. The summed E-state index contributed by atoms with van der Waals surface area (Å²) in [6.07, 6.45) is 2.26. The molecule has 4 nitrogen and oxygen atoms in total. The van der Waals surface area contributed by atoms with Gasteiger partial charge in [-0.05, 0) is 63.9 Å². The van der Waals surface area contributed by atoms with Gasteiger partial charge in [0.1, 0.15) is 11.5 Å². The first-order valence-corrected chi connectivity index (χ1v) is 8.73. The summed E-state index contributed by atoms with van der Waals surface area (Å²) in [5, 5.41) is 3.07. The third-order valence-corrected chi connectivity index (χ3v) is 4.83. The van der Waals surface area contributed by atoms with E-state index >= 15 is 0 Å². The molecule has 3 rings (SSSR count). The fourth-order valence-corrected chi connectivity index (χ4v) is 3.36. The van der Waals surface area contributed by atoms with Crippen LogP contribution in [0.3, 0.4) is 0 Å². The normalized spacial score (nSPS) is 16.2. The number of hydrogen-bond donors (Lipinski definition) is 1. The van der Waals surface area contributed by atoms with E-state index < -0.39 is 0 Å². The minimum Gasteiger partial charge on any atom is -0.466 e. The second-order valence-corrected chi connectivity index (χ2v) is 6.73. The van der Waals surface area contributed by atoms with Gasteiger partial charge in [0.2, 0.25) is 0 Å². The predicted octanol–water partition coefficient (Wildman–Crippen LogP) is 3.54. The zero-order chi connectivity index (χ0) is 16.9. The molecule has 0 bridgehead atoms. The molecule has 0 saturated carbocycles. The van der Waals surface area contributed by atoms with Crippen molar-refractivity contribution < 1.29 is 9.21 Å². The highest BCUT2D eigenvalue weighted by atomic mass is 16.3. The molecular weight excluding hydrogens is 300 g/mol. The Morgan fingerprint density at radius 2 is 1.92 bits per heavy atom. The van der Waals surface area contributed by atoms with Crippen LogP contribution in [0.4, 0.5) is 0 Å². The molecule has 2 aromatic rings. The van der Waals surface area contributed by atoms with Gasteiger partial charge in [0.25, 0.3) is 5.91 Å². The second kappa shape index (κ2) is 7.67. The molecule has 1 fully saturated rings. The van der Waals surface area contributed by atoms with Crippen molar-refractivity contribution in [2.24, 2.45) is 5.92 Å². The van der Waals surface area contributed by atoms with Crippen molar-refractivity contribution >= 4 is 5.91 Å². The fraction of sp³-hybridized carbons (Fsp3) is 0.450. The minimum absolute atomic E-state index is 0.0301. The largest absolute Gasteiger partial charge is 0.466 e. The van der Waals surface area contributed by atoms with Crippen molar-refractivity contribution in [2.45, 2.75) is 33.2 Å². The summed E-state index contributed by atoms with van der Waals surface area (Å²) in [5.41, 5.74) is 2.03. The van der Waals surface area contributed by atoms with Crippen LogP contribution in [0.1, 0.15) is 40.3 Å². The molecule has 0 unspecified atom stereocenters. The minimum atomic E-state index is 0.0301. The van der Waals surface area contributed by atoms with Gasteiger partial charge in [0, 0.05) is 24.2 Å². The van der Waals surface area contributed by atoms with E-state index in [9.17, 15) is 4.79 Å². The SMILES string of the molecule is Cc1cc(CN2CCC(CNC(=O)c3ccccc3)CC2)c(C)o1. The predicted molar refractivity (Wildman–Crippen MR) is 95.0 cm³/mol. The number of nitrogens with zero attached hydrogens (tertiary/aromatic N) is 1. The number of rotatable bonds is 5. The number of furan rings is 1. The number of carbonyl (C=O) groups excluding carboxylic acids is 1. The Balaban J connectivity index is 1.42. The summed E-state index contributed by atoms with van der Waals surface area (Å²) < 4.78 is 5.61. The molecule has 1 aliphatic rings. The summed E-state index contributed by atoms with van der Waals surface area (Å²) >= 11 is 0. The van der Waals surface area contributed by atoms with Crippen LogP contribution in [0.15, 0.2) is 40.8 Å². The lowest BCUT2D eigenvalue weighted by Crippen LogP contribution is -2.38. The smallest absolute Gasteiger partial charge is 0.251 e. The molecule has 1 N–H and O–H groups in total. The first kappa shape index (κ1) is 16.8. The highest BCUT2D eigenvalue weighted by molar-refractivity contribution is 5.94. The summed E-state index contributed by atoms with van der Waals surface area (Å²) in [6, 6.07) is 11.6. The molecule has 0 aliphatic carbocycles. The van der Waals surface area contributed by atoms with Crippen molar-refractivity contribution in [1.82, 2.24) is 10.2 Å². The first-order valence-electron chi connectivity index (χ1n) is 8.73. The van der Waals surface area contributed by atoms with Gasteiger partial charge < -0.3 is 9.73 Å². The Labute approximate surface area is 143 Å². The van der Waals surface area contributed by atoms with Crippen LogP contribution >= 0.6 is 0 Å². The van der Waals surface area contributed by atoms with Gasteiger partial charge >= 0.3 is 0 Å². The molecule has 1 saturated heterocycles. The van der Waals surface area contributed by atoms with Crippen LogP contribution in [0.25, 0.3) is 0 Å². The van der Waals surface area contributed by atoms with E-state index in [4.69, 9.17) is 4.42 Å². The number of likely N-dealkylation sites (tertiary alicyclic amines) is 1. The molecule has 2 heterocycles. The van der Waals surface area contributed by atoms with Crippen LogP contribution in [0, 0.1) is 19.8 Å². The van der Waals surface area contributed by atoms with Crippen LogP contribution in [-0.4, -0.2) is 30.4 Å². The number of nitrogens with one attached hydrogen (secondary N) is 1. The Kier molecular flexibility index (Phi) is 5.36. The van der Waals surface area contributed by atoms with E-state index in [0.717, 1.165) is 56.1 Å². The maximum atomic E-state index is 12.1. The number of aryl methyl sites for hydroxylation is 2. The van der Waals surface area contributed by atoms with E-state index in [1.54, 1.807) is 0 Å². The van der Waals surface area contributed by atoms with Gasteiger partial charge in [-0.25, -0.2) is 0 Å². The van der Waals surface area contributed by atoms with E-state index in [2.05, 4.69) is 16.3 Å². The van der Waals surface area contributed by atoms with Crippen LogP contribution in [-0.2, 0) is 6.54 Å². The van der Waals surface area contributed by atoms with Crippen molar-refractivity contribution in [3.63, 3.8) is 0 Å². The highest BCUT2D eigenvalue weighted by Gasteiger charge is 2.21. The number of piperidine rings is 1.